The van der Waals surface area contributed by atoms with E-state index < -0.39 is 0 Å². The Kier molecular flexibility index (Phi) is 6.78. The van der Waals surface area contributed by atoms with Gasteiger partial charge >= 0.3 is 5.97 Å². The molecule has 0 aliphatic carbocycles. The van der Waals surface area contributed by atoms with E-state index in [1.807, 2.05) is 6.20 Å². The zero-order valence-corrected chi connectivity index (χ0v) is 12.9. The Hall–Kier alpha value is -1.16. The summed E-state index contributed by atoms with van der Waals surface area (Å²) < 4.78 is 5.13. The van der Waals surface area contributed by atoms with Gasteiger partial charge in [-0.15, -0.1) is 11.3 Å². The van der Waals surface area contributed by atoms with Crippen LogP contribution in [0.15, 0.2) is 18.3 Å². The summed E-state index contributed by atoms with van der Waals surface area (Å²) in [4.78, 5) is 17.1. The number of hydrogen-bond donors (Lipinski definition) is 0. The summed E-state index contributed by atoms with van der Waals surface area (Å²) in [6.45, 7) is 10.7. The lowest BCUT2D eigenvalue weighted by Crippen LogP contribution is -2.09. The van der Waals surface area contributed by atoms with Crippen molar-refractivity contribution in [3.63, 3.8) is 0 Å². The Labute approximate surface area is 119 Å². The quantitative estimate of drug-likeness (QED) is 0.413. The molecule has 3 nitrogen and oxygen atoms in total. The molecule has 0 spiro atoms. The fraction of sp³-hybridized carbons (Fsp3) is 0.600. The van der Waals surface area contributed by atoms with Crippen LogP contribution in [-0.4, -0.2) is 17.6 Å². The Morgan fingerprint density at radius 2 is 2.26 bits per heavy atom. The summed E-state index contributed by atoms with van der Waals surface area (Å²) in [5, 5.41) is 1.12. The Balaban J connectivity index is 2.43. The van der Waals surface area contributed by atoms with Gasteiger partial charge in [0.15, 0.2) is 0 Å². The molecule has 1 aromatic rings. The van der Waals surface area contributed by atoms with E-state index in [-0.39, 0.29) is 5.97 Å². The topological polar surface area (TPSA) is 39.2 Å². The molecule has 0 N–H and O–H groups in total. The maximum atomic E-state index is 11.7. The summed E-state index contributed by atoms with van der Waals surface area (Å²) in [7, 11) is 0. The van der Waals surface area contributed by atoms with Gasteiger partial charge in [-0.1, -0.05) is 33.8 Å². The molecule has 0 saturated carbocycles. The van der Waals surface area contributed by atoms with Crippen molar-refractivity contribution in [2.75, 3.05) is 6.61 Å². The van der Waals surface area contributed by atoms with Gasteiger partial charge in [-0.3, -0.25) is 0 Å². The molecule has 1 heterocycles. The molecule has 0 atom stereocenters. The zero-order chi connectivity index (χ0) is 14.3. The number of rotatable bonds is 8. The third kappa shape index (κ3) is 6.01. The average molecular weight is 281 g/mol. The molecule has 106 valence electrons. The van der Waals surface area contributed by atoms with Crippen LogP contribution < -0.4 is 0 Å². The molecule has 0 aliphatic rings. The number of ether oxygens (including phenoxy) is 1. The summed E-state index contributed by atoms with van der Waals surface area (Å²) in [6.07, 6.45) is 5.29. The van der Waals surface area contributed by atoms with Gasteiger partial charge in [-0.05, 0) is 12.3 Å². The van der Waals surface area contributed by atoms with E-state index in [1.165, 1.54) is 0 Å². The van der Waals surface area contributed by atoms with Crippen LogP contribution in [0.4, 0.5) is 0 Å². The molecule has 0 amide bonds. The molecule has 0 aliphatic heterocycles. The molecule has 0 saturated heterocycles. The van der Waals surface area contributed by atoms with Crippen LogP contribution in [0, 0.1) is 5.92 Å². The van der Waals surface area contributed by atoms with Crippen molar-refractivity contribution in [1.82, 2.24) is 4.98 Å². The first-order valence-electron chi connectivity index (χ1n) is 6.81. The van der Waals surface area contributed by atoms with E-state index >= 15 is 0 Å². The van der Waals surface area contributed by atoms with Gasteiger partial charge in [-0.2, -0.15) is 0 Å². The van der Waals surface area contributed by atoms with Crippen molar-refractivity contribution in [2.45, 2.75) is 46.5 Å². The third-order valence-electron chi connectivity index (χ3n) is 2.59. The molecule has 0 fully saturated rings. The lowest BCUT2D eigenvalue weighted by Gasteiger charge is -2.05. The summed E-state index contributed by atoms with van der Waals surface area (Å²) in [6, 6.07) is 0. The standard InChI is InChI=1S/C15H23NO2S/c1-5-6-7-18-15(17)12(4)9-13-10-16-14(19-13)8-11(2)3/h10-11H,4-9H2,1-3H3. The highest BCUT2D eigenvalue weighted by atomic mass is 32.1. The number of thiazole rings is 1. The number of esters is 1. The van der Waals surface area contributed by atoms with Gasteiger partial charge in [0.2, 0.25) is 0 Å². The van der Waals surface area contributed by atoms with E-state index in [9.17, 15) is 4.79 Å². The van der Waals surface area contributed by atoms with E-state index in [2.05, 4.69) is 32.3 Å². The van der Waals surface area contributed by atoms with Crippen LogP contribution in [-0.2, 0) is 22.4 Å². The lowest BCUT2D eigenvalue weighted by molar-refractivity contribution is -0.139. The van der Waals surface area contributed by atoms with Crippen molar-refractivity contribution in [3.8, 4) is 0 Å². The lowest BCUT2D eigenvalue weighted by atomic mass is 10.1. The van der Waals surface area contributed by atoms with Crippen LogP contribution in [0.5, 0.6) is 0 Å². The fourth-order valence-corrected chi connectivity index (χ4v) is 2.74. The zero-order valence-electron chi connectivity index (χ0n) is 12.1. The predicted octanol–water partition coefficient (Wildman–Crippen LogP) is 3.78. The van der Waals surface area contributed by atoms with Crippen LogP contribution in [0.2, 0.25) is 0 Å². The maximum absolute atomic E-state index is 11.7. The van der Waals surface area contributed by atoms with Gasteiger partial charge in [0.1, 0.15) is 0 Å². The highest BCUT2D eigenvalue weighted by Crippen LogP contribution is 2.19. The largest absolute Gasteiger partial charge is 0.462 e. The highest BCUT2D eigenvalue weighted by Gasteiger charge is 2.11. The van der Waals surface area contributed by atoms with E-state index in [0.29, 0.717) is 24.5 Å². The fourth-order valence-electron chi connectivity index (χ4n) is 1.57. The van der Waals surface area contributed by atoms with Crippen LogP contribution >= 0.6 is 11.3 Å². The molecule has 1 rings (SSSR count). The van der Waals surface area contributed by atoms with Crippen molar-refractivity contribution in [2.24, 2.45) is 5.92 Å². The van der Waals surface area contributed by atoms with E-state index in [1.54, 1.807) is 11.3 Å². The van der Waals surface area contributed by atoms with Gasteiger partial charge in [0.05, 0.1) is 11.6 Å². The molecule has 0 radical (unpaired) electrons. The van der Waals surface area contributed by atoms with Crippen LogP contribution in [0.25, 0.3) is 0 Å². The Morgan fingerprint density at radius 1 is 1.53 bits per heavy atom. The highest BCUT2D eigenvalue weighted by molar-refractivity contribution is 7.11. The van der Waals surface area contributed by atoms with Crippen molar-refractivity contribution >= 4 is 17.3 Å². The van der Waals surface area contributed by atoms with Gasteiger partial charge in [0.25, 0.3) is 0 Å². The maximum Gasteiger partial charge on any atom is 0.333 e. The molecular formula is C15H23NO2S. The number of aromatic nitrogens is 1. The molecular weight excluding hydrogens is 258 g/mol. The van der Waals surface area contributed by atoms with Gasteiger partial charge < -0.3 is 4.74 Å². The minimum Gasteiger partial charge on any atom is -0.462 e. The monoisotopic (exact) mass is 281 g/mol. The number of hydrogen-bond acceptors (Lipinski definition) is 4. The minimum atomic E-state index is -0.285. The normalized spacial score (nSPS) is 10.7. The minimum absolute atomic E-state index is 0.285. The number of unbranched alkanes of at least 4 members (excludes halogenated alkanes) is 1. The van der Waals surface area contributed by atoms with Gasteiger partial charge in [0, 0.05) is 29.5 Å². The Morgan fingerprint density at radius 3 is 2.89 bits per heavy atom. The third-order valence-corrected chi connectivity index (χ3v) is 3.61. The van der Waals surface area contributed by atoms with Crippen LogP contribution in [0.3, 0.4) is 0 Å². The second kappa shape index (κ2) is 8.10. The number of nitrogens with zero attached hydrogens (tertiary/aromatic N) is 1. The smallest absolute Gasteiger partial charge is 0.333 e. The molecule has 0 unspecified atom stereocenters. The van der Waals surface area contributed by atoms with Crippen molar-refractivity contribution in [1.29, 1.82) is 0 Å². The predicted molar refractivity (Wildman–Crippen MR) is 79.4 cm³/mol. The van der Waals surface area contributed by atoms with Crippen molar-refractivity contribution in [3.05, 3.63) is 28.2 Å². The summed E-state index contributed by atoms with van der Waals surface area (Å²) in [5.74, 6) is 0.313. The molecule has 0 aromatic carbocycles. The molecule has 1 aromatic heterocycles. The van der Waals surface area contributed by atoms with Crippen LogP contribution in [0.1, 0.15) is 43.5 Å². The van der Waals surface area contributed by atoms with E-state index in [0.717, 1.165) is 29.1 Å². The number of carbonyl (C=O) groups is 1. The molecule has 0 bridgehead atoms. The molecule has 4 heteroatoms. The first-order valence-corrected chi connectivity index (χ1v) is 7.63. The van der Waals surface area contributed by atoms with E-state index in [4.69, 9.17) is 4.74 Å². The SMILES string of the molecule is C=C(Cc1cnc(CC(C)C)s1)C(=O)OCCCC. The first-order chi connectivity index (χ1) is 9.02. The summed E-state index contributed by atoms with van der Waals surface area (Å²) >= 11 is 1.66. The second-order valence-corrected chi connectivity index (χ2v) is 6.29. The average Bonchev–Trinajstić information content (AvgIpc) is 2.75. The summed E-state index contributed by atoms with van der Waals surface area (Å²) in [5.41, 5.74) is 0.510. The molecule has 19 heavy (non-hydrogen) atoms. The Bertz CT molecular complexity index is 424. The second-order valence-electron chi connectivity index (χ2n) is 5.09. The first kappa shape index (κ1) is 15.9. The van der Waals surface area contributed by atoms with Gasteiger partial charge in [-0.25, -0.2) is 9.78 Å². The van der Waals surface area contributed by atoms with Crippen molar-refractivity contribution < 1.29 is 9.53 Å². The number of carbonyl (C=O) groups excluding carboxylic acids is 1.